The summed E-state index contributed by atoms with van der Waals surface area (Å²) < 4.78 is 8.45. The van der Waals surface area contributed by atoms with Gasteiger partial charge in [0.25, 0.3) is 0 Å². The van der Waals surface area contributed by atoms with Gasteiger partial charge in [-0.05, 0) is 0 Å². The Labute approximate surface area is 91.9 Å². The van der Waals surface area contributed by atoms with Crippen molar-refractivity contribution >= 4 is 35.0 Å². The van der Waals surface area contributed by atoms with E-state index >= 15 is 0 Å². The van der Waals surface area contributed by atoms with Crippen molar-refractivity contribution in [2.24, 2.45) is 0 Å². The van der Waals surface area contributed by atoms with Gasteiger partial charge in [0.05, 0.1) is 20.3 Å². The summed E-state index contributed by atoms with van der Waals surface area (Å²) in [5, 5.41) is 8.91. The van der Waals surface area contributed by atoms with E-state index in [4.69, 9.17) is 5.11 Å². The number of aliphatic hydroxyl groups excluding tert-OH is 1. The maximum atomic E-state index is 10.5. The van der Waals surface area contributed by atoms with Crippen molar-refractivity contribution in [3.63, 3.8) is 0 Å². The molecule has 0 aromatic rings. The molecule has 0 bridgehead atoms. The number of hydrogen-bond acceptors (Lipinski definition) is 5. The van der Waals surface area contributed by atoms with Crippen LogP contribution in [-0.2, 0) is 19.1 Å². The van der Waals surface area contributed by atoms with Crippen molar-refractivity contribution < 1.29 is 24.2 Å². The Kier molecular flexibility index (Phi) is 8.93. The van der Waals surface area contributed by atoms with Crippen LogP contribution in [0.15, 0.2) is 11.8 Å². The van der Waals surface area contributed by atoms with Crippen LogP contribution >= 0.6 is 0 Å². The molecular weight excluding hydrogens is 188 g/mol. The fourth-order valence-electron chi connectivity index (χ4n) is 0.466. The first-order chi connectivity index (χ1) is 5.60. The minimum absolute atomic E-state index is 0. The van der Waals surface area contributed by atoms with Gasteiger partial charge in [-0.25, -0.2) is 4.79 Å². The minimum atomic E-state index is -0.712. The van der Waals surface area contributed by atoms with Gasteiger partial charge in [0.2, 0.25) is 0 Å². The normalized spacial score (nSPS) is 9.85. The molecule has 0 heterocycles. The van der Waals surface area contributed by atoms with Crippen molar-refractivity contribution in [2.75, 3.05) is 14.2 Å². The van der Waals surface area contributed by atoms with Crippen molar-refractivity contribution in [3.05, 3.63) is 11.8 Å². The second-order valence-corrected chi connectivity index (χ2v) is 1.91. The summed E-state index contributed by atoms with van der Waals surface area (Å²) in [6, 6.07) is 0. The van der Waals surface area contributed by atoms with E-state index < -0.39 is 11.9 Å². The zero-order valence-corrected chi connectivity index (χ0v) is 8.99. The molecule has 0 aliphatic carbocycles. The van der Waals surface area contributed by atoms with Crippen LogP contribution in [0.1, 0.15) is 6.42 Å². The van der Waals surface area contributed by atoms with Crippen molar-refractivity contribution in [1.29, 1.82) is 0 Å². The SMILES string of the molecule is COC(=O)/C=C(\O)CC(=O)OC.[Mg+2]. The fraction of sp³-hybridized carbons (Fsp3) is 0.429. The Balaban J connectivity index is 0. The van der Waals surface area contributed by atoms with E-state index in [1.807, 2.05) is 0 Å². The van der Waals surface area contributed by atoms with Gasteiger partial charge in [-0.3, -0.25) is 4.79 Å². The van der Waals surface area contributed by atoms with E-state index in [9.17, 15) is 9.59 Å². The van der Waals surface area contributed by atoms with E-state index in [-0.39, 0.29) is 35.2 Å². The molecule has 0 rings (SSSR count). The van der Waals surface area contributed by atoms with Crippen molar-refractivity contribution in [2.45, 2.75) is 6.42 Å². The maximum absolute atomic E-state index is 10.5. The molecule has 1 N–H and O–H groups in total. The van der Waals surface area contributed by atoms with Crippen LogP contribution in [0.2, 0.25) is 0 Å². The molecule has 0 fully saturated rings. The molecule has 13 heavy (non-hydrogen) atoms. The van der Waals surface area contributed by atoms with Crippen LogP contribution in [0.25, 0.3) is 0 Å². The number of esters is 2. The molecule has 0 aliphatic heterocycles. The largest absolute Gasteiger partial charge is 2.00 e. The molecule has 0 amide bonds. The zero-order valence-electron chi connectivity index (χ0n) is 7.57. The van der Waals surface area contributed by atoms with Crippen LogP contribution in [-0.4, -0.2) is 54.3 Å². The van der Waals surface area contributed by atoms with Gasteiger partial charge in [0.15, 0.2) is 0 Å². The minimum Gasteiger partial charge on any atom is -0.511 e. The average Bonchev–Trinajstić information content (AvgIpc) is 2.03. The van der Waals surface area contributed by atoms with Crippen molar-refractivity contribution in [1.82, 2.24) is 0 Å². The third-order valence-electron chi connectivity index (χ3n) is 1.04. The fourth-order valence-corrected chi connectivity index (χ4v) is 0.466. The van der Waals surface area contributed by atoms with Gasteiger partial charge in [0, 0.05) is 0 Å². The Morgan fingerprint density at radius 2 is 1.85 bits per heavy atom. The van der Waals surface area contributed by atoms with Crippen LogP contribution in [0.5, 0.6) is 0 Å². The zero-order chi connectivity index (χ0) is 9.56. The number of methoxy groups -OCH3 is 2. The van der Waals surface area contributed by atoms with Gasteiger partial charge in [-0.1, -0.05) is 0 Å². The van der Waals surface area contributed by atoms with E-state index in [1.165, 1.54) is 14.2 Å². The maximum Gasteiger partial charge on any atom is 2.00 e. The summed E-state index contributed by atoms with van der Waals surface area (Å²) in [6.07, 6.45) is 0.489. The number of ether oxygens (including phenoxy) is 2. The smallest absolute Gasteiger partial charge is 0.511 e. The molecular formula is C7H10MgO5+2. The topological polar surface area (TPSA) is 72.8 Å². The van der Waals surface area contributed by atoms with Gasteiger partial charge in [0.1, 0.15) is 12.2 Å². The number of hydrogen-bond donors (Lipinski definition) is 1. The Morgan fingerprint density at radius 3 is 2.23 bits per heavy atom. The summed E-state index contributed by atoms with van der Waals surface area (Å²) in [7, 11) is 2.36. The molecule has 0 aliphatic rings. The summed E-state index contributed by atoms with van der Waals surface area (Å²) in [5.41, 5.74) is 0. The Bertz CT molecular complexity index is 211. The average molecular weight is 198 g/mol. The molecule has 0 saturated carbocycles. The number of rotatable bonds is 3. The summed E-state index contributed by atoms with van der Waals surface area (Å²) in [5.74, 6) is -1.71. The molecule has 0 aromatic carbocycles. The predicted octanol–water partition coefficient (Wildman–Crippen LogP) is -0.216. The van der Waals surface area contributed by atoms with Crippen LogP contribution in [0.3, 0.4) is 0 Å². The molecule has 0 atom stereocenters. The third kappa shape index (κ3) is 7.60. The standard InChI is InChI=1S/C7H10O5.Mg/c1-11-6(9)3-5(8)4-7(10)12-2;/h3,8H,4H2,1-2H3;/q;+2/b5-3-;. The molecule has 0 spiro atoms. The van der Waals surface area contributed by atoms with Gasteiger partial charge in [-0.15, -0.1) is 0 Å². The number of aliphatic hydroxyl groups is 1. The second kappa shape index (κ2) is 7.87. The predicted molar refractivity (Wildman–Crippen MR) is 45.1 cm³/mol. The first kappa shape index (κ1) is 14.8. The first-order valence-electron chi connectivity index (χ1n) is 3.14. The van der Waals surface area contributed by atoms with Gasteiger partial charge < -0.3 is 14.6 Å². The number of carbonyl (C=O) groups is 2. The monoisotopic (exact) mass is 198 g/mol. The van der Waals surface area contributed by atoms with Crippen LogP contribution in [0.4, 0.5) is 0 Å². The molecule has 6 heteroatoms. The van der Waals surface area contributed by atoms with E-state index in [2.05, 4.69) is 9.47 Å². The molecule has 0 aromatic heterocycles. The Hall–Kier alpha value is -0.754. The van der Waals surface area contributed by atoms with E-state index in [0.717, 1.165) is 6.08 Å². The summed E-state index contributed by atoms with van der Waals surface area (Å²) in [6.45, 7) is 0. The molecule has 0 unspecified atom stereocenters. The van der Waals surface area contributed by atoms with Crippen LogP contribution in [0, 0.1) is 0 Å². The van der Waals surface area contributed by atoms with E-state index in [1.54, 1.807) is 0 Å². The summed E-state index contributed by atoms with van der Waals surface area (Å²) in [4.78, 5) is 21.0. The van der Waals surface area contributed by atoms with Crippen LogP contribution < -0.4 is 0 Å². The summed E-state index contributed by atoms with van der Waals surface area (Å²) >= 11 is 0. The quantitative estimate of drug-likeness (QED) is 0.294. The Morgan fingerprint density at radius 1 is 1.31 bits per heavy atom. The molecule has 5 nitrogen and oxygen atoms in total. The molecule has 68 valence electrons. The van der Waals surface area contributed by atoms with Gasteiger partial charge >= 0.3 is 35.0 Å². The van der Waals surface area contributed by atoms with Crippen molar-refractivity contribution in [3.8, 4) is 0 Å². The number of carbonyl (C=O) groups excluding carboxylic acids is 2. The first-order valence-corrected chi connectivity index (χ1v) is 3.14. The molecule has 0 saturated heterocycles. The molecule has 0 radical (unpaired) electrons. The van der Waals surface area contributed by atoms with Gasteiger partial charge in [-0.2, -0.15) is 0 Å². The second-order valence-electron chi connectivity index (χ2n) is 1.91. The third-order valence-corrected chi connectivity index (χ3v) is 1.04. The van der Waals surface area contributed by atoms with E-state index in [0.29, 0.717) is 0 Å².